The van der Waals surface area contributed by atoms with E-state index in [1.165, 1.54) is 24.0 Å². The Labute approximate surface area is 116 Å². The first-order valence-corrected chi connectivity index (χ1v) is 7.21. The lowest BCUT2D eigenvalue weighted by Crippen LogP contribution is -2.14. The predicted octanol–water partition coefficient (Wildman–Crippen LogP) is 3.55. The van der Waals surface area contributed by atoms with Crippen LogP contribution in [0.3, 0.4) is 0 Å². The van der Waals surface area contributed by atoms with Crippen LogP contribution < -0.4 is 5.32 Å². The summed E-state index contributed by atoms with van der Waals surface area (Å²) in [6, 6.07) is 11.5. The first-order valence-electron chi connectivity index (χ1n) is 6.42. The van der Waals surface area contributed by atoms with Crippen LogP contribution in [0, 0.1) is 0 Å². The number of hydrogen-bond donors (Lipinski definition) is 1. The van der Waals surface area contributed by atoms with E-state index in [-0.39, 0.29) is 0 Å². The van der Waals surface area contributed by atoms with Crippen LogP contribution in [0.15, 0.2) is 47.2 Å². The van der Waals surface area contributed by atoms with Gasteiger partial charge in [0, 0.05) is 36.0 Å². The highest BCUT2D eigenvalue weighted by Gasteiger charge is 2.19. The molecule has 3 rings (SSSR count). The van der Waals surface area contributed by atoms with Crippen molar-refractivity contribution in [1.29, 1.82) is 0 Å². The highest BCUT2D eigenvalue weighted by atomic mass is 79.9. The predicted molar refractivity (Wildman–Crippen MR) is 77.5 cm³/mol. The summed E-state index contributed by atoms with van der Waals surface area (Å²) >= 11 is 3.46. The van der Waals surface area contributed by atoms with Crippen LogP contribution >= 0.6 is 15.9 Å². The molecule has 1 aliphatic rings. The summed E-state index contributed by atoms with van der Waals surface area (Å²) in [6.45, 7) is 1.94. The van der Waals surface area contributed by atoms with E-state index in [0.717, 1.165) is 23.6 Å². The molecule has 18 heavy (non-hydrogen) atoms. The number of aromatic nitrogens is 1. The molecule has 1 heterocycles. The molecule has 1 saturated carbocycles. The minimum Gasteiger partial charge on any atom is -0.350 e. The molecule has 0 bridgehead atoms. The minimum absolute atomic E-state index is 0.778. The molecule has 1 N–H and O–H groups in total. The Balaban J connectivity index is 1.60. The van der Waals surface area contributed by atoms with Crippen molar-refractivity contribution in [3.05, 3.63) is 58.3 Å². The molecule has 1 aliphatic carbocycles. The van der Waals surface area contributed by atoms with Gasteiger partial charge in [0.25, 0.3) is 0 Å². The maximum Gasteiger partial charge on any atom is 0.0470 e. The van der Waals surface area contributed by atoms with Gasteiger partial charge < -0.3 is 9.88 Å². The number of benzene rings is 1. The van der Waals surface area contributed by atoms with Gasteiger partial charge in [-0.2, -0.15) is 0 Å². The van der Waals surface area contributed by atoms with Gasteiger partial charge in [-0.05, 0) is 42.2 Å². The summed E-state index contributed by atoms with van der Waals surface area (Å²) in [5.74, 6) is 0. The third-order valence-corrected chi connectivity index (χ3v) is 3.79. The van der Waals surface area contributed by atoms with Gasteiger partial charge in [0.05, 0.1) is 0 Å². The second-order valence-corrected chi connectivity index (χ2v) is 5.89. The third-order valence-electron chi connectivity index (χ3n) is 3.26. The van der Waals surface area contributed by atoms with E-state index in [9.17, 15) is 0 Å². The average Bonchev–Trinajstić information content (AvgIpc) is 3.10. The first-order chi connectivity index (χ1) is 8.79. The first kappa shape index (κ1) is 12.0. The fraction of sp³-hybridized carbons (Fsp3) is 0.333. The molecule has 1 aromatic carbocycles. The third kappa shape index (κ3) is 3.24. The maximum absolute atomic E-state index is 3.54. The normalized spacial score (nSPS) is 14.9. The Hall–Kier alpha value is -1.06. The molecule has 2 nitrogen and oxygen atoms in total. The molecule has 0 aliphatic heterocycles. The van der Waals surface area contributed by atoms with Crippen LogP contribution in [-0.2, 0) is 13.1 Å². The molecular formula is C15H17BrN2. The second kappa shape index (κ2) is 5.29. The largest absolute Gasteiger partial charge is 0.350 e. The molecule has 0 unspecified atom stereocenters. The van der Waals surface area contributed by atoms with Gasteiger partial charge in [0.1, 0.15) is 0 Å². The zero-order chi connectivity index (χ0) is 12.4. The smallest absolute Gasteiger partial charge is 0.0470 e. The van der Waals surface area contributed by atoms with Gasteiger partial charge in [-0.25, -0.2) is 0 Å². The number of nitrogens with zero attached hydrogens (tertiary/aromatic N) is 1. The van der Waals surface area contributed by atoms with Crippen LogP contribution in [-0.4, -0.2) is 10.6 Å². The summed E-state index contributed by atoms with van der Waals surface area (Å²) in [6.07, 6.45) is 7.09. The van der Waals surface area contributed by atoms with Crippen molar-refractivity contribution in [2.75, 3.05) is 0 Å². The summed E-state index contributed by atoms with van der Waals surface area (Å²) < 4.78 is 3.38. The van der Waals surface area contributed by atoms with Crippen LogP contribution in [0.5, 0.6) is 0 Å². The lowest BCUT2D eigenvalue weighted by Gasteiger charge is -2.03. The topological polar surface area (TPSA) is 17.0 Å². The van der Waals surface area contributed by atoms with E-state index in [1.807, 2.05) is 0 Å². The molecule has 0 amide bonds. The molecule has 2 aromatic rings. The highest BCUT2D eigenvalue weighted by Crippen LogP contribution is 2.19. The van der Waals surface area contributed by atoms with E-state index in [0.29, 0.717) is 0 Å². The van der Waals surface area contributed by atoms with Crippen molar-refractivity contribution in [1.82, 2.24) is 9.88 Å². The van der Waals surface area contributed by atoms with Gasteiger partial charge >= 0.3 is 0 Å². The fourth-order valence-corrected chi connectivity index (χ4v) is 2.31. The lowest BCUT2D eigenvalue weighted by molar-refractivity contribution is 0.685. The molecular weight excluding hydrogens is 288 g/mol. The van der Waals surface area contributed by atoms with E-state index >= 15 is 0 Å². The van der Waals surface area contributed by atoms with Crippen molar-refractivity contribution in [3.8, 4) is 0 Å². The molecule has 1 fully saturated rings. The number of nitrogens with one attached hydrogen (secondary N) is 1. The number of hydrogen-bond acceptors (Lipinski definition) is 1. The summed E-state index contributed by atoms with van der Waals surface area (Å²) in [5, 5.41) is 3.54. The van der Waals surface area contributed by atoms with Crippen molar-refractivity contribution < 1.29 is 0 Å². The van der Waals surface area contributed by atoms with Gasteiger partial charge in [0.2, 0.25) is 0 Å². The van der Waals surface area contributed by atoms with Crippen LogP contribution in [0.2, 0.25) is 0 Å². The Bertz CT molecular complexity index is 512. The van der Waals surface area contributed by atoms with Crippen molar-refractivity contribution >= 4 is 15.9 Å². The van der Waals surface area contributed by atoms with Crippen LogP contribution in [0.25, 0.3) is 0 Å². The van der Waals surface area contributed by atoms with Gasteiger partial charge in [0.15, 0.2) is 0 Å². The summed E-state index contributed by atoms with van der Waals surface area (Å²) in [4.78, 5) is 0. The average molecular weight is 305 g/mol. The standard InChI is InChI=1S/C15H17BrN2/c16-14-3-1-12(2-4-14)10-18-8-7-13(11-18)9-17-15-5-6-15/h1-4,7-8,11,15,17H,5-6,9-10H2. The number of halogens is 1. The minimum atomic E-state index is 0.778. The Morgan fingerprint density at radius 2 is 1.89 bits per heavy atom. The maximum atomic E-state index is 3.54. The molecule has 1 aromatic heterocycles. The Morgan fingerprint density at radius 3 is 2.61 bits per heavy atom. The zero-order valence-electron chi connectivity index (χ0n) is 10.3. The van der Waals surface area contributed by atoms with Crippen molar-refractivity contribution in [2.45, 2.75) is 32.0 Å². The van der Waals surface area contributed by atoms with Gasteiger partial charge in [-0.15, -0.1) is 0 Å². The van der Waals surface area contributed by atoms with Gasteiger partial charge in [-0.3, -0.25) is 0 Å². The molecule has 94 valence electrons. The molecule has 3 heteroatoms. The van der Waals surface area contributed by atoms with Crippen LogP contribution in [0.1, 0.15) is 24.0 Å². The van der Waals surface area contributed by atoms with Crippen molar-refractivity contribution in [3.63, 3.8) is 0 Å². The van der Waals surface area contributed by atoms with E-state index in [1.54, 1.807) is 0 Å². The highest BCUT2D eigenvalue weighted by molar-refractivity contribution is 9.10. The quantitative estimate of drug-likeness (QED) is 0.894. The molecule has 0 atom stereocenters. The van der Waals surface area contributed by atoms with Crippen LogP contribution in [0.4, 0.5) is 0 Å². The van der Waals surface area contributed by atoms with Gasteiger partial charge in [-0.1, -0.05) is 28.1 Å². The summed E-state index contributed by atoms with van der Waals surface area (Å²) in [5.41, 5.74) is 2.70. The molecule has 0 saturated heterocycles. The Morgan fingerprint density at radius 1 is 1.11 bits per heavy atom. The van der Waals surface area contributed by atoms with E-state index in [2.05, 4.69) is 68.5 Å². The van der Waals surface area contributed by atoms with Crippen molar-refractivity contribution in [2.24, 2.45) is 0 Å². The lowest BCUT2D eigenvalue weighted by atomic mass is 10.2. The summed E-state index contributed by atoms with van der Waals surface area (Å²) in [7, 11) is 0. The fourth-order valence-electron chi connectivity index (χ4n) is 2.04. The van der Waals surface area contributed by atoms with E-state index in [4.69, 9.17) is 0 Å². The zero-order valence-corrected chi connectivity index (χ0v) is 11.9. The number of rotatable bonds is 5. The SMILES string of the molecule is Brc1ccc(Cn2ccc(CNC3CC3)c2)cc1. The second-order valence-electron chi connectivity index (χ2n) is 4.97. The Kier molecular flexibility index (Phi) is 3.52. The molecule has 0 radical (unpaired) electrons. The monoisotopic (exact) mass is 304 g/mol. The van der Waals surface area contributed by atoms with E-state index < -0.39 is 0 Å². The molecule has 0 spiro atoms.